The Morgan fingerprint density at radius 1 is 1.19 bits per heavy atom. The summed E-state index contributed by atoms with van der Waals surface area (Å²) >= 11 is 1.69. The number of thiazole rings is 1. The van der Waals surface area contributed by atoms with Crippen LogP contribution in [0.25, 0.3) is 0 Å². The number of amides is 1. The van der Waals surface area contributed by atoms with Gasteiger partial charge in [-0.15, -0.1) is 11.3 Å². The smallest absolute Gasteiger partial charge is 0.252 e. The van der Waals surface area contributed by atoms with Crippen molar-refractivity contribution >= 4 is 17.2 Å². The van der Waals surface area contributed by atoms with Crippen molar-refractivity contribution in [3.63, 3.8) is 0 Å². The number of piperidine rings is 1. The van der Waals surface area contributed by atoms with Crippen molar-refractivity contribution in [1.29, 1.82) is 0 Å². The Morgan fingerprint density at radius 2 is 2.04 bits per heavy atom. The molecule has 1 fully saturated rings. The molecule has 1 aliphatic carbocycles. The van der Waals surface area contributed by atoms with Crippen LogP contribution in [0.3, 0.4) is 0 Å². The number of nitrogens with zero attached hydrogens (tertiary/aromatic N) is 1. The molecular formula is C22H21N3OS. The van der Waals surface area contributed by atoms with E-state index in [9.17, 15) is 4.79 Å². The highest BCUT2D eigenvalue weighted by molar-refractivity contribution is 7.09. The molecule has 27 heavy (non-hydrogen) atoms. The maximum atomic E-state index is 12.7. The first-order valence-electron chi connectivity index (χ1n) is 9.40. The third-order valence-electron chi connectivity index (χ3n) is 5.81. The fraction of sp³-hybridized carbons (Fsp3) is 0.273. The summed E-state index contributed by atoms with van der Waals surface area (Å²) < 4.78 is 0. The fourth-order valence-corrected chi connectivity index (χ4v) is 5.46. The van der Waals surface area contributed by atoms with Crippen LogP contribution in [0.5, 0.6) is 0 Å². The van der Waals surface area contributed by atoms with Gasteiger partial charge in [0, 0.05) is 46.3 Å². The number of nitrogens with one attached hydrogen (secondary N) is 2. The number of carbonyl (C=O) groups excluding carboxylic acids is 1. The first-order chi connectivity index (χ1) is 13.3. The standard InChI is InChI=1S/C22H21N3OS/c1-2-15-19-18-14(22(26)25-15)9-6-10-16(18)24-21(13-7-4-3-5-8-13)20(19)17-11-23-12-27-17/h3-12,16,18,20-21,24H,2H2,1H3,(H,25,26). The average molecular weight is 375 g/mol. The van der Waals surface area contributed by atoms with Crippen LogP contribution in [0.4, 0.5) is 0 Å². The molecule has 3 heterocycles. The molecule has 3 aliphatic rings. The molecule has 2 aromatic rings. The van der Waals surface area contributed by atoms with Crippen molar-refractivity contribution in [3.8, 4) is 0 Å². The van der Waals surface area contributed by atoms with E-state index < -0.39 is 0 Å². The van der Waals surface area contributed by atoms with Gasteiger partial charge in [-0.05, 0) is 17.6 Å². The van der Waals surface area contributed by atoms with Crippen LogP contribution in [-0.4, -0.2) is 16.9 Å². The van der Waals surface area contributed by atoms with E-state index in [4.69, 9.17) is 0 Å². The molecule has 5 heteroatoms. The van der Waals surface area contributed by atoms with Crippen LogP contribution >= 0.6 is 11.3 Å². The summed E-state index contributed by atoms with van der Waals surface area (Å²) in [5.74, 6) is 0.287. The van der Waals surface area contributed by atoms with Gasteiger partial charge in [-0.1, -0.05) is 55.5 Å². The number of aromatic nitrogens is 1. The van der Waals surface area contributed by atoms with Crippen LogP contribution in [0.1, 0.15) is 35.7 Å². The van der Waals surface area contributed by atoms with Crippen molar-refractivity contribution < 1.29 is 4.79 Å². The van der Waals surface area contributed by atoms with E-state index in [2.05, 4.69) is 58.9 Å². The van der Waals surface area contributed by atoms with Crippen molar-refractivity contribution in [3.05, 3.63) is 87.6 Å². The molecule has 136 valence electrons. The van der Waals surface area contributed by atoms with Crippen LogP contribution < -0.4 is 10.6 Å². The molecule has 0 saturated carbocycles. The van der Waals surface area contributed by atoms with Gasteiger partial charge in [-0.25, -0.2) is 0 Å². The highest BCUT2D eigenvalue weighted by Crippen LogP contribution is 2.51. The second-order valence-corrected chi connectivity index (χ2v) is 8.11. The maximum Gasteiger partial charge on any atom is 0.252 e. The molecule has 1 amide bonds. The minimum atomic E-state index is 0.0398. The Labute approximate surface area is 162 Å². The molecule has 4 atom stereocenters. The number of benzene rings is 1. The summed E-state index contributed by atoms with van der Waals surface area (Å²) in [4.78, 5) is 18.3. The van der Waals surface area contributed by atoms with Crippen LogP contribution in [0.15, 0.2) is 77.1 Å². The topological polar surface area (TPSA) is 54.0 Å². The second kappa shape index (κ2) is 6.59. The summed E-state index contributed by atoms with van der Waals surface area (Å²) in [5.41, 5.74) is 6.44. The third kappa shape index (κ3) is 2.61. The highest BCUT2D eigenvalue weighted by Gasteiger charge is 2.48. The Kier molecular flexibility index (Phi) is 4.06. The molecule has 4 nitrogen and oxygen atoms in total. The first-order valence-corrected chi connectivity index (χ1v) is 10.3. The van der Waals surface area contributed by atoms with Gasteiger partial charge in [-0.2, -0.15) is 0 Å². The van der Waals surface area contributed by atoms with Gasteiger partial charge in [0.2, 0.25) is 0 Å². The highest BCUT2D eigenvalue weighted by atomic mass is 32.1. The summed E-state index contributed by atoms with van der Waals surface area (Å²) in [6.07, 6.45) is 8.97. The molecule has 5 rings (SSSR count). The minimum Gasteiger partial charge on any atom is -0.326 e. The Hall–Kier alpha value is -2.50. The molecule has 2 N–H and O–H groups in total. The zero-order valence-electron chi connectivity index (χ0n) is 15.1. The summed E-state index contributed by atoms with van der Waals surface area (Å²) in [5, 5.41) is 7.02. The lowest BCUT2D eigenvalue weighted by Gasteiger charge is -2.48. The van der Waals surface area contributed by atoms with Gasteiger partial charge in [0.1, 0.15) is 0 Å². The Balaban J connectivity index is 1.73. The second-order valence-electron chi connectivity index (χ2n) is 7.19. The van der Waals surface area contributed by atoms with Crippen LogP contribution in [0, 0.1) is 5.92 Å². The normalized spacial score (nSPS) is 29.2. The van der Waals surface area contributed by atoms with E-state index in [0.29, 0.717) is 0 Å². The van der Waals surface area contributed by atoms with Crippen molar-refractivity contribution in [1.82, 2.24) is 15.6 Å². The Morgan fingerprint density at radius 3 is 2.78 bits per heavy atom. The lowest BCUT2D eigenvalue weighted by molar-refractivity contribution is -0.117. The predicted octanol–water partition coefficient (Wildman–Crippen LogP) is 3.85. The van der Waals surface area contributed by atoms with Gasteiger partial charge in [-0.3, -0.25) is 9.78 Å². The van der Waals surface area contributed by atoms with E-state index in [1.54, 1.807) is 11.3 Å². The molecule has 0 spiro atoms. The zero-order chi connectivity index (χ0) is 18.4. The molecule has 1 saturated heterocycles. The van der Waals surface area contributed by atoms with Gasteiger partial charge in [0.15, 0.2) is 0 Å². The number of hydrogen-bond acceptors (Lipinski definition) is 4. The molecule has 0 radical (unpaired) electrons. The predicted molar refractivity (Wildman–Crippen MR) is 107 cm³/mol. The van der Waals surface area contributed by atoms with Crippen LogP contribution in [-0.2, 0) is 4.79 Å². The lowest BCUT2D eigenvalue weighted by atomic mass is 9.66. The molecule has 1 aromatic heterocycles. The lowest BCUT2D eigenvalue weighted by Crippen LogP contribution is -2.53. The quantitative estimate of drug-likeness (QED) is 0.857. The fourth-order valence-electron chi connectivity index (χ4n) is 4.69. The van der Waals surface area contributed by atoms with E-state index in [1.807, 2.05) is 23.9 Å². The average Bonchev–Trinajstić information content (AvgIpc) is 3.25. The SMILES string of the molecule is CCC1=C2C3C(=CC=CC3NC(c3ccccc3)C2c2cncs2)C(=O)N1. The molecular weight excluding hydrogens is 354 g/mol. The van der Waals surface area contributed by atoms with Crippen molar-refractivity contribution in [2.24, 2.45) is 5.92 Å². The number of allylic oxidation sites excluding steroid dienone is 3. The molecule has 2 aliphatic heterocycles. The first kappa shape index (κ1) is 16.7. The van der Waals surface area contributed by atoms with Gasteiger partial charge in [0.05, 0.1) is 5.51 Å². The molecule has 4 unspecified atom stereocenters. The molecule has 0 bridgehead atoms. The van der Waals surface area contributed by atoms with Crippen molar-refractivity contribution in [2.45, 2.75) is 31.3 Å². The Bertz CT molecular complexity index is 959. The summed E-state index contributed by atoms with van der Waals surface area (Å²) in [6, 6.07) is 10.9. The van der Waals surface area contributed by atoms with Gasteiger partial charge >= 0.3 is 0 Å². The minimum absolute atomic E-state index is 0.0398. The monoisotopic (exact) mass is 375 g/mol. The van der Waals surface area contributed by atoms with E-state index in [-0.39, 0.29) is 29.8 Å². The molecule has 1 aromatic carbocycles. The summed E-state index contributed by atoms with van der Waals surface area (Å²) in [7, 11) is 0. The zero-order valence-corrected chi connectivity index (χ0v) is 15.9. The van der Waals surface area contributed by atoms with E-state index in [1.165, 1.54) is 16.0 Å². The number of carbonyl (C=O) groups is 1. The van der Waals surface area contributed by atoms with E-state index in [0.717, 1.165) is 17.7 Å². The number of rotatable bonds is 3. The van der Waals surface area contributed by atoms with E-state index >= 15 is 0 Å². The number of hydrogen-bond donors (Lipinski definition) is 2. The maximum absolute atomic E-state index is 12.7. The van der Waals surface area contributed by atoms with Gasteiger partial charge < -0.3 is 10.6 Å². The summed E-state index contributed by atoms with van der Waals surface area (Å²) in [6.45, 7) is 2.12. The third-order valence-corrected chi connectivity index (χ3v) is 6.67. The van der Waals surface area contributed by atoms with Crippen LogP contribution in [0.2, 0.25) is 0 Å². The van der Waals surface area contributed by atoms with Gasteiger partial charge in [0.25, 0.3) is 5.91 Å². The largest absolute Gasteiger partial charge is 0.326 e. The van der Waals surface area contributed by atoms with Crippen molar-refractivity contribution in [2.75, 3.05) is 0 Å².